The lowest BCUT2D eigenvalue weighted by Crippen LogP contribution is -2.70. The van der Waals surface area contributed by atoms with Crippen molar-refractivity contribution in [1.29, 1.82) is 0 Å². The molecule has 1 unspecified atom stereocenters. The molecule has 1 fully saturated rings. The molecule has 0 aromatic rings. The molecule has 2 rings (SSSR count). The fourth-order valence-electron chi connectivity index (χ4n) is 2.21. The van der Waals surface area contributed by atoms with Crippen LogP contribution < -0.4 is 5.32 Å². The molecule has 2 atom stereocenters. The van der Waals surface area contributed by atoms with E-state index in [-0.39, 0.29) is 17.2 Å². The zero-order chi connectivity index (χ0) is 14.9. The van der Waals surface area contributed by atoms with E-state index in [1.165, 1.54) is 23.8 Å². The van der Waals surface area contributed by atoms with E-state index >= 15 is 0 Å². The van der Waals surface area contributed by atoms with Gasteiger partial charge in [0, 0.05) is 5.75 Å². The zero-order valence-electron chi connectivity index (χ0n) is 11.5. The van der Waals surface area contributed by atoms with Crippen LogP contribution in [0.5, 0.6) is 0 Å². The van der Waals surface area contributed by atoms with Gasteiger partial charge in [-0.15, -0.1) is 11.8 Å². The molecule has 0 saturated carbocycles. The first-order valence-corrected chi connectivity index (χ1v) is 8.46. The molecule has 1 saturated heterocycles. The first-order chi connectivity index (χ1) is 9.51. The standard InChI is InChI=1S/C12H16N2O4S2/c1-6-4-20-11-8(13-7(15)5-19-3)10(16)14(11)9(6)12(17)18-2/h8,11H,4-5H2,1-3H3,(H,13,15)/t8?,11-/m1/s1. The van der Waals surface area contributed by atoms with E-state index in [0.29, 0.717) is 17.2 Å². The highest BCUT2D eigenvalue weighted by Crippen LogP contribution is 2.40. The molecular weight excluding hydrogens is 300 g/mol. The van der Waals surface area contributed by atoms with Crippen LogP contribution in [-0.2, 0) is 19.1 Å². The third-order valence-electron chi connectivity index (χ3n) is 3.13. The molecular formula is C12H16N2O4S2. The fraction of sp³-hybridized carbons (Fsp3) is 0.583. The number of rotatable bonds is 4. The number of nitrogens with zero attached hydrogens (tertiary/aromatic N) is 1. The minimum absolute atomic E-state index is 0.165. The maximum atomic E-state index is 12.2. The number of fused-ring (bicyclic) bond motifs is 1. The molecule has 0 aromatic heterocycles. The smallest absolute Gasteiger partial charge is 0.354 e. The van der Waals surface area contributed by atoms with Gasteiger partial charge in [-0.2, -0.15) is 11.8 Å². The molecule has 0 aliphatic carbocycles. The zero-order valence-corrected chi connectivity index (χ0v) is 13.1. The summed E-state index contributed by atoms with van der Waals surface area (Å²) in [5, 5.41) is 2.50. The SMILES string of the molecule is COC(=O)C1=C(C)CS[C@@H]2C(NC(=O)CSC)C(=O)N12. The quantitative estimate of drug-likeness (QED) is 0.590. The lowest BCUT2D eigenvalue weighted by molar-refractivity contribution is -0.151. The Morgan fingerprint density at radius 3 is 2.85 bits per heavy atom. The van der Waals surface area contributed by atoms with Gasteiger partial charge < -0.3 is 10.1 Å². The second-order valence-electron chi connectivity index (χ2n) is 4.51. The second-order valence-corrected chi connectivity index (χ2v) is 6.48. The van der Waals surface area contributed by atoms with Crippen LogP contribution >= 0.6 is 23.5 Å². The number of carbonyl (C=O) groups is 3. The van der Waals surface area contributed by atoms with E-state index < -0.39 is 12.0 Å². The maximum absolute atomic E-state index is 12.2. The van der Waals surface area contributed by atoms with Crippen LogP contribution in [0.1, 0.15) is 6.92 Å². The van der Waals surface area contributed by atoms with Crippen molar-refractivity contribution in [3.8, 4) is 0 Å². The predicted molar refractivity (Wildman–Crippen MR) is 78.1 cm³/mol. The van der Waals surface area contributed by atoms with Gasteiger partial charge in [-0.25, -0.2) is 4.79 Å². The van der Waals surface area contributed by atoms with Crippen LogP contribution in [0.15, 0.2) is 11.3 Å². The number of thioether (sulfide) groups is 2. The Balaban J connectivity index is 2.12. The molecule has 20 heavy (non-hydrogen) atoms. The molecule has 0 aromatic carbocycles. The second kappa shape index (κ2) is 6.09. The highest BCUT2D eigenvalue weighted by atomic mass is 32.2. The summed E-state index contributed by atoms with van der Waals surface area (Å²) in [6, 6.07) is -0.549. The van der Waals surface area contributed by atoms with E-state index in [1.807, 2.05) is 13.2 Å². The number of β-lactam (4-membered cyclic amide) rings is 1. The Kier molecular flexibility index (Phi) is 4.64. The molecule has 0 spiro atoms. The summed E-state index contributed by atoms with van der Waals surface area (Å²) in [6.07, 6.45) is 1.82. The molecule has 1 N–H and O–H groups in total. The maximum Gasteiger partial charge on any atom is 0.354 e. The highest BCUT2D eigenvalue weighted by Gasteiger charge is 2.53. The van der Waals surface area contributed by atoms with E-state index in [2.05, 4.69) is 5.32 Å². The summed E-state index contributed by atoms with van der Waals surface area (Å²) in [7, 11) is 1.29. The summed E-state index contributed by atoms with van der Waals surface area (Å²) >= 11 is 2.94. The Labute approximate surface area is 125 Å². The number of amides is 2. The van der Waals surface area contributed by atoms with Gasteiger partial charge in [0.05, 0.1) is 12.9 Å². The fourth-order valence-corrected chi connectivity index (χ4v) is 3.84. The lowest BCUT2D eigenvalue weighted by Gasteiger charge is -2.49. The van der Waals surface area contributed by atoms with Crippen LogP contribution in [0.4, 0.5) is 0 Å². The van der Waals surface area contributed by atoms with Gasteiger partial charge in [0.25, 0.3) is 5.91 Å². The Morgan fingerprint density at radius 2 is 2.25 bits per heavy atom. The van der Waals surface area contributed by atoms with Crippen molar-refractivity contribution in [3.63, 3.8) is 0 Å². The molecule has 2 heterocycles. The molecule has 2 aliphatic heterocycles. The third kappa shape index (κ3) is 2.54. The average Bonchev–Trinajstić information content (AvgIpc) is 2.44. The largest absolute Gasteiger partial charge is 0.464 e. The van der Waals surface area contributed by atoms with Gasteiger partial charge in [-0.3, -0.25) is 14.5 Å². The van der Waals surface area contributed by atoms with Crippen LogP contribution in [0.3, 0.4) is 0 Å². The summed E-state index contributed by atoms with van der Waals surface area (Å²) in [5.41, 5.74) is 1.14. The van der Waals surface area contributed by atoms with E-state index in [1.54, 1.807) is 11.8 Å². The van der Waals surface area contributed by atoms with Crippen molar-refractivity contribution < 1.29 is 19.1 Å². The van der Waals surface area contributed by atoms with Gasteiger partial charge in [-0.05, 0) is 18.8 Å². The molecule has 2 amide bonds. The first kappa shape index (κ1) is 15.2. The Morgan fingerprint density at radius 1 is 1.55 bits per heavy atom. The number of carbonyl (C=O) groups excluding carboxylic acids is 3. The van der Waals surface area contributed by atoms with Crippen LogP contribution in [0.2, 0.25) is 0 Å². The van der Waals surface area contributed by atoms with E-state index in [9.17, 15) is 14.4 Å². The van der Waals surface area contributed by atoms with Gasteiger partial charge in [0.15, 0.2) is 0 Å². The average molecular weight is 316 g/mol. The summed E-state index contributed by atoms with van der Waals surface area (Å²) in [5.74, 6) is 0.0432. The molecule has 0 radical (unpaired) electrons. The number of methoxy groups -OCH3 is 1. The summed E-state index contributed by atoms with van der Waals surface area (Å²) in [6.45, 7) is 1.81. The Bertz CT molecular complexity index is 492. The van der Waals surface area contributed by atoms with Crippen molar-refractivity contribution in [2.75, 3.05) is 24.9 Å². The van der Waals surface area contributed by atoms with Gasteiger partial charge in [-0.1, -0.05) is 0 Å². The van der Waals surface area contributed by atoms with E-state index in [0.717, 1.165) is 5.57 Å². The van der Waals surface area contributed by atoms with Crippen molar-refractivity contribution in [2.45, 2.75) is 18.3 Å². The number of hydrogen-bond donors (Lipinski definition) is 1. The number of ether oxygens (including phenoxy) is 1. The minimum Gasteiger partial charge on any atom is -0.464 e. The predicted octanol–water partition coefficient (Wildman–Crippen LogP) is 0.196. The van der Waals surface area contributed by atoms with Crippen LogP contribution in [0.25, 0.3) is 0 Å². The minimum atomic E-state index is -0.549. The van der Waals surface area contributed by atoms with E-state index in [4.69, 9.17) is 4.74 Å². The Hall–Kier alpha value is -1.15. The van der Waals surface area contributed by atoms with Gasteiger partial charge in [0.1, 0.15) is 17.1 Å². The van der Waals surface area contributed by atoms with Crippen molar-refractivity contribution in [2.24, 2.45) is 0 Å². The van der Waals surface area contributed by atoms with Gasteiger partial charge >= 0.3 is 5.97 Å². The summed E-state index contributed by atoms with van der Waals surface area (Å²) < 4.78 is 4.73. The van der Waals surface area contributed by atoms with Crippen molar-refractivity contribution in [1.82, 2.24) is 10.2 Å². The normalized spacial score (nSPS) is 24.9. The molecule has 110 valence electrons. The number of esters is 1. The molecule has 6 nitrogen and oxygen atoms in total. The van der Waals surface area contributed by atoms with Crippen molar-refractivity contribution >= 4 is 41.3 Å². The number of nitrogens with one attached hydrogen (secondary N) is 1. The monoisotopic (exact) mass is 316 g/mol. The van der Waals surface area contributed by atoms with Gasteiger partial charge in [0.2, 0.25) is 5.91 Å². The highest BCUT2D eigenvalue weighted by molar-refractivity contribution is 8.00. The van der Waals surface area contributed by atoms with Crippen LogP contribution in [-0.4, -0.2) is 59.0 Å². The first-order valence-electron chi connectivity index (χ1n) is 6.02. The number of hydrogen-bond acceptors (Lipinski definition) is 6. The molecule has 8 heteroatoms. The van der Waals surface area contributed by atoms with Crippen molar-refractivity contribution in [3.05, 3.63) is 11.3 Å². The van der Waals surface area contributed by atoms with Crippen LogP contribution in [0, 0.1) is 0 Å². The molecule has 0 bridgehead atoms. The lowest BCUT2D eigenvalue weighted by atomic mass is 10.0. The summed E-state index contributed by atoms with van der Waals surface area (Å²) in [4.78, 5) is 36.9. The molecule has 2 aliphatic rings. The third-order valence-corrected chi connectivity index (χ3v) is 5.10. The topological polar surface area (TPSA) is 75.7 Å².